The average molecular weight is 396 g/mol. The smallest absolute Gasteiger partial charge is 0.0919 e. The van der Waals surface area contributed by atoms with Crippen LogP contribution in [0.25, 0.3) is 9.75 Å². The highest BCUT2D eigenvalue weighted by molar-refractivity contribution is 9.11. The van der Waals surface area contributed by atoms with Crippen molar-refractivity contribution in [2.75, 3.05) is 0 Å². The first-order chi connectivity index (χ1) is 7.38. The van der Waals surface area contributed by atoms with Crippen molar-refractivity contribution in [1.29, 1.82) is 0 Å². The third-order valence-corrected chi connectivity index (χ3v) is 9.98. The van der Waals surface area contributed by atoms with Gasteiger partial charge in [-0.05, 0) is 34.1 Å². The molecule has 0 aliphatic rings. The molecular weight excluding hydrogens is 384 g/mol. The van der Waals surface area contributed by atoms with Crippen molar-refractivity contribution < 1.29 is 0 Å². The first-order valence-electron chi connectivity index (χ1n) is 4.93. The lowest BCUT2D eigenvalue weighted by molar-refractivity contribution is 1.76. The van der Waals surface area contributed by atoms with E-state index in [-0.39, 0.29) is 0 Å². The van der Waals surface area contributed by atoms with Gasteiger partial charge >= 0.3 is 0 Å². The van der Waals surface area contributed by atoms with Crippen LogP contribution in [0.2, 0.25) is 19.6 Å². The predicted octanol–water partition coefficient (Wildman–Crippen LogP) is 5.55. The summed E-state index contributed by atoms with van der Waals surface area (Å²) in [5, 5.41) is 0. The molecule has 0 nitrogen and oxygen atoms in total. The first kappa shape index (κ1) is 13.0. The maximum Gasteiger partial charge on any atom is 0.0919 e. The normalized spacial score (nSPS) is 12.1. The van der Waals surface area contributed by atoms with Crippen LogP contribution >= 0.6 is 54.5 Å². The van der Waals surface area contributed by atoms with Gasteiger partial charge in [-0.1, -0.05) is 35.6 Å². The van der Waals surface area contributed by atoms with Crippen molar-refractivity contribution in [3.8, 4) is 9.75 Å². The lowest BCUT2D eigenvalue weighted by Gasteiger charge is -2.13. The van der Waals surface area contributed by atoms with Gasteiger partial charge in [-0.25, -0.2) is 0 Å². The Bertz CT molecular complexity index is 508. The van der Waals surface area contributed by atoms with Crippen LogP contribution in [0.4, 0.5) is 0 Å². The second kappa shape index (κ2) is 4.69. The van der Waals surface area contributed by atoms with Crippen LogP contribution in [0.3, 0.4) is 0 Å². The van der Waals surface area contributed by atoms with E-state index in [9.17, 15) is 0 Å². The van der Waals surface area contributed by atoms with Crippen LogP contribution in [-0.4, -0.2) is 8.07 Å². The molecule has 2 aromatic rings. The summed E-state index contributed by atoms with van der Waals surface area (Å²) in [4.78, 5) is 2.72. The highest BCUT2D eigenvalue weighted by Crippen LogP contribution is 2.36. The Morgan fingerprint density at radius 2 is 1.69 bits per heavy atom. The number of rotatable bonds is 2. The highest BCUT2D eigenvalue weighted by Gasteiger charge is 2.23. The Morgan fingerprint density at radius 1 is 1.00 bits per heavy atom. The lowest BCUT2D eigenvalue weighted by atomic mass is 10.4. The molecule has 0 bridgehead atoms. The van der Waals surface area contributed by atoms with Gasteiger partial charge in [-0.15, -0.1) is 22.7 Å². The van der Waals surface area contributed by atoms with Crippen molar-refractivity contribution in [3.63, 3.8) is 0 Å². The van der Waals surface area contributed by atoms with E-state index in [1.165, 1.54) is 18.0 Å². The van der Waals surface area contributed by atoms with Crippen LogP contribution < -0.4 is 4.50 Å². The summed E-state index contributed by atoms with van der Waals surface area (Å²) < 4.78 is 4.03. The molecule has 0 fully saturated rings. The van der Waals surface area contributed by atoms with Crippen molar-refractivity contribution in [1.82, 2.24) is 0 Å². The van der Waals surface area contributed by atoms with Gasteiger partial charge < -0.3 is 0 Å². The molecule has 0 aliphatic carbocycles. The third-order valence-electron chi connectivity index (χ3n) is 2.18. The van der Waals surface area contributed by atoms with Crippen LogP contribution in [-0.2, 0) is 0 Å². The Hall–Kier alpha value is 0.577. The predicted molar refractivity (Wildman–Crippen MR) is 86.0 cm³/mol. The Morgan fingerprint density at radius 3 is 2.12 bits per heavy atom. The molecule has 16 heavy (non-hydrogen) atoms. The molecule has 2 aromatic heterocycles. The van der Waals surface area contributed by atoms with E-state index < -0.39 is 8.07 Å². The zero-order valence-electron chi connectivity index (χ0n) is 9.30. The zero-order chi connectivity index (χ0) is 11.9. The molecule has 0 aliphatic heterocycles. The number of hydrogen-bond donors (Lipinski definition) is 0. The van der Waals surface area contributed by atoms with E-state index in [0.29, 0.717) is 0 Å². The fourth-order valence-corrected chi connectivity index (χ4v) is 8.47. The average Bonchev–Trinajstić information content (AvgIpc) is 2.70. The molecule has 0 N–H and O–H groups in total. The minimum Gasteiger partial charge on any atom is -0.143 e. The maximum absolute atomic E-state index is 3.70. The van der Waals surface area contributed by atoms with E-state index in [2.05, 4.69) is 69.7 Å². The standard InChI is InChI=1S/C11H12Br2S2Si/c1-16(2,3)11-7(12)6-9(15-11)8-4-5-10(13)14-8/h4-6H,1-3H3. The van der Waals surface area contributed by atoms with Crippen LogP contribution in [0.1, 0.15) is 0 Å². The van der Waals surface area contributed by atoms with E-state index in [1.54, 1.807) is 15.8 Å². The Labute approximate surface area is 122 Å². The lowest BCUT2D eigenvalue weighted by Crippen LogP contribution is -2.35. The van der Waals surface area contributed by atoms with E-state index in [4.69, 9.17) is 0 Å². The molecule has 0 aromatic carbocycles. The summed E-state index contributed by atoms with van der Waals surface area (Å²) in [7, 11) is -1.22. The van der Waals surface area contributed by atoms with Crippen molar-refractivity contribution in [3.05, 3.63) is 26.5 Å². The molecule has 86 valence electrons. The molecule has 0 saturated carbocycles. The molecule has 0 unspecified atom stereocenters. The second-order valence-corrected chi connectivity index (χ2v) is 14.4. The summed E-state index contributed by atoms with van der Waals surface area (Å²) in [6.45, 7) is 7.16. The molecule has 0 saturated heterocycles. The summed E-state index contributed by atoms with van der Waals surface area (Å²) in [5.74, 6) is 0. The number of hydrogen-bond acceptors (Lipinski definition) is 2. The molecule has 0 atom stereocenters. The molecule has 5 heteroatoms. The zero-order valence-corrected chi connectivity index (χ0v) is 15.1. The monoisotopic (exact) mass is 394 g/mol. The minimum atomic E-state index is -1.22. The van der Waals surface area contributed by atoms with Crippen molar-refractivity contribution >= 4 is 67.1 Å². The van der Waals surface area contributed by atoms with Gasteiger partial charge in [-0.3, -0.25) is 0 Å². The fourth-order valence-electron chi connectivity index (χ4n) is 1.45. The highest BCUT2D eigenvalue weighted by atomic mass is 79.9. The van der Waals surface area contributed by atoms with Crippen LogP contribution in [0.5, 0.6) is 0 Å². The van der Waals surface area contributed by atoms with Crippen LogP contribution in [0, 0.1) is 0 Å². The number of halogens is 2. The van der Waals surface area contributed by atoms with Gasteiger partial charge in [0.2, 0.25) is 0 Å². The summed E-state index contributed by atoms with van der Waals surface area (Å²) in [6.07, 6.45) is 0. The van der Waals surface area contributed by atoms with E-state index in [1.807, 2.05) is 11.3 Å². The summed E-state index contributed by atoms with van der Waals surface area (Å²) in [5.41, 5.74) is 0. The SMILES string of the molecule is C[Si](C)(C)c1sc(-c2ccc(Br)s2)cc1Br. The topological polar surface area (TPSA) is 0 Å². The molecule has 2 heterocycles. The van der Waals surface area contributed by atoms with Gasteiger partial charge in [0, 0.05) is 18.7 Å². The third kappa shape index (κ3) is 2.69. The maximum atomic E-state index is 3.70. The molecule has 2 rings (SSSR count). The Balaban J connectivity index is 2.46. The fraction of sp³-hybridized carbons (Fsp3) is 0.273. The summed E-state index contributed by atoms with van der Waals surface area (Å²) >= 11 is 10.9. The Kier molecular flexibility index (Phi) is 3.81. The summed E-state index contributed by atoms with van der Waals surface area (Å²) in [6, 6.07) is 6.55. The van der Waals surface area contributed by atoms with Gasteiger partial charge in [0.1, 0.15) is 0 Å². The first-order valence-corrected chi connectivity index (χ1v) is 11.7. The molecular formula is C11H12Br2S2Si. The van der Waals surface area contributed by atoms with Gasteiger partial charge in [-0.2, -0.15) is 0 Å². The van der Waals surface area contributed by atoms with Crippen LogP contribution in [0.15, 0.2) is 26.5 Å². The largest absolute Gasteiger partial charge is 0.143 e. The van der Waals surface area contributed by atoms with Crippen molar-refractivity contribution in [2.45, 2.75) is 19.6 Å². The van der Waals surface area contributed by atoms with E-state index >= 15 is 0 Å². The number of thiophene rings is 2. The molecule has 0 spiro atoms. The second-order valence-electron chi connectivity index (χ2n) is 4.64. The molecule has 0 radical (unpaired) electrons. The molecule has 0 amide bonds. The quantitative estimate of drug-likeness (QED) is 0.585. The van der Waals surface area contributed by atoms with Gasteiger partial charge in [0.05, 0.1) is 11.9 Å². The van der Waals surface area contributed by atoms with Crippen molar-refractivity contribution in [2.24, 2.45) is 0 Å². The van der Waals surface area contributed by atoms with Gasteiger partial charge in [0.25, 0.3) is 0 Å². The van der Waals surface area contributed by atoms with E-state index in [0.717, 1.165) is 0 Å². The van der Waals surface area contributed by atoms with Gasteiger partial charge in [0.15, 0.2) is 0 Å². The minimum absolute atomic E-state index is 1.20.